The Morgan fingerprint density at radius 2 is 1.82 bits per heavy atom. The molecule has 58 valence electrons. The lowest BCUT2D eigenvalue weighted by Gasteiger charge is -1.94. The van der Waals surface area contributed by atoms with E-state index in [9.17, 15) is 9.00 Å². The van der Waals surface area contributed by atoms with Crippen molar-refractivity contribution in [3.63, 3.8) is 0 Å². The maximum absolute atomic E-state index is 10.9. The predicted octanol–water partition coefficient (Wildman–Crippen LogP) is 1.24. The molecule has 0 aliphatic carbocycles. The standard InChI is InChI=1S/C8H8O2S/c1-11(10)8-4-2-7(6-9)3-5-8/h2-6H,1H3/t11-/m1/s1. The van der Waals surface area contributed by atoms with Crippen molar-refractivity contribution >= 4 is 17.1 Å². The monoisotopic (exact) mass is 168 g/mol. The van der Waals surface area contributed by atoms with Crippen LogP contribution in [0, 0.1) is 0 Å². The minimum atomic E-state index is -0.955. The van der Waals surface area contributed by atoms with Gasteiger partial charge in [0.25, 0.3) is 0 Å². The number of carbonyl (C=O) groups is 1. The Bertz CT molecular complexity index is 277. The summed E-state index contributed by atoms with van der Waals surface area (Å²) in [4.78, 5) is 11.0. The third kappa shape index (κ3) is 1.98. The van der Waals surface area contributed by atoms with Gasteiger partial charge in [0.15, 0.2) is 0 Å². The van der Waals surface area contributed by atoms with Crippen LogP contribution < -0.4 is 0 Å². The second kappa shape index (κ2) is 3.44. The Balaban J connectivity index is 3.00. The molecular formula is C8H8O2S. The Labute approximate surface area is 67.7 Å². The van der Waals surface area contributed by atoms with Gasteiger partial charge in [0.2, 0.25) is 0 Å². The summed E-state index contributed by atoms with van der Waals surface area (Å²) >= 11 is 0. The van der Waals surface area contributed by atoms with Gasteiger partial charge >= 0.3 is 0 Å². The fraction of sp³-hybridized carbons (Fsp3) is 0.125. The molecule has 0 saturated heterocycles. The predicted molar refractivity (Wildman–Crippen MR) is 44.2 cm³/mol. The van der Waals surface area contributed by atoms with Crippen molar-refractivity contribution < 1.29 is 9.00 Å². The van der Waals surface area contributed by atoms with Crippen molar-refractivity contribution in [2.24, 2.45) is 0 Å². The first-order valence-electron chi connectivity index (χ1n) is 3.12. The number of aldehydes is 1. The number of benzene rings is 1. The van der Waals surface area contributed by atoms with E-state index in [1.54, 1.807) is 30.5 Å². The topological polar surface area (TPSA) is 34.1 Å². The maximum Gasteiger partial charge on any atom is 0.150 e. The minimum absolute atomic E-state index is 0.610. The third-order valence-corrected chi connectivity index (χ3v) is 2.28. The summed E-state index contributed by atoms with van der Waals surface area (Å²) in [7, 11) is -0.955. The Morgan fingerprint density at radius 3 is 2.18 bits per heavy atom. The van der Waals surface area contributed by atoms with Crippen LogP contribution in [0.1, 0.15) is 10.4 Å². The fourth-order valence-corrected chi connectivity index (χ4v) is 1.26. The molecule has 2 nitrogen and oxygen atoms in total. The van der Waals surface area contributed by atoms with Crippen molar-refractivity contribution in [3.8, 4) is 0 Å². The van der Waals surface area contributed by atoms with Crippen LogP contribution >= 0.6 is 0 Å². The summed E-state index contributed by atoms with van der Waals surface area (Å²) in [5.41, 5.74) is 0.610. The van der Waals surface area contributed by atoms with Crippen LogP contribution in [0.3, 0.4) is 0 Å². The molecule has 0 saturated carbocycles. The van der Waals surface area contributed by atoms with Crippen LogP contribution in [0.15, 0.2) is 29.2 Å². The molecular weight excluding hydrogens is 160 g/mol. The van der Waals surface area contributed by atoms with E-state index in [1.807, 2.05) is 0 Å². The van der Waals surface area contributed by atoms with Crippen molar-refractivity contribution in [1.29, 1.82) is 0 Å². The van der Waals surface area contributed by atoms with E-state index in [4.69, 9.17) is 0 Å². The highest BCUT2D eigenvalue weighted by Gasteiger charge is 1.95. The number of hydrogen-bond donors (Lipinski definition) is 0. The van der Waals surface area contributed by atoms with Gasteiger partial charge in [-0.1, -0.05) is 12.1 Å². The lowest BCUT2D eigenvalue weighted by atomic mass is 10.2. The number of hydrogen-bond acceptors (Lipinski definition) is 2. The molecule has 0 radical (unpaired) electrons. The van der Waals surface area contributed by atoms with Crippen molar-refractivity contribution in [3.05, 3.63) is 29.8 Å². The highest BCUT2D eigenvalue weighted by molar-refractivity contribution is 7.84. The molecule has 0 spiro atoms. The van der Waals surface area contributed by atoms with E-state index in [1.165, 1.54) is 0 Å². The van der Waals surface area contributed by atoms with Gasteiger partial charge < -0.3 is 0 Å². The minimum Gasteiger partial charge on any atom is -0.298 e. The van der Waals surface area contributed by atoms with Gasteiger partial charge in [0, 0.05) is 27.5 Å². The summed E-state index contributed by atoms with van der Waals surface area (Å²) in [6, 6.07) is 6.70. The van der Waals surface area contributed by atoms with Gasteiger partial charge in [0.05, 0.1) is 0 Å². The molecule has 0 unspecified atom stereocenters. The number of carbonyl (C=O) groups excluding carboxylic acids is 1. The van der Waals surface area contributed by atoms with Crippen molar-refractivity contribution in [2.45, 2.75) is 4.90 Å². The highest BCUT2D eigenvalue weighted by atomic mass is 32.2. The summed E-state index contributed by atoms with van der Waals surface area (Å²) in [5, 5.41) is 0. The van der Waals surface area contributed by atoms with Crippen molar-refractivity contribution in [1.82, 2.24) is 0 Å². The molecule has 0 heterocycles. The molecule has 1 aromatic carbocycles. The normalized spacial score (nSPS) is 12.5. The van der Waals surface area contributed by atoms with Gasteiger partial charge in [-0.3, -0.25) is 9.00 Å². The largest absolute Gasteiger partial charge is 0.298 e. The molecule has 0 aromatic heterocycles. The third-order valence-electron chi connectivity index (χ3n) is 1.35. The van der Waals surface area contributed by atoms with Crippen LogP contribution in [0.2, 0.25) is 0 Å². The summed E-state index contributed by atoms with van der Waals surface area (Å²) in [6.07, 6.45) is 2.37. The lowest BCUT2D eigenvalue weighted by Crippen LogP contribution is -1.87. The van der Waals surface area contributed by atoms with Crippen LogP contribution in [-0.4, -0.2) is 16.8 Å². The van der Waals surface area contributed by atoms with E-state index in [0.29, 0.717) is 5.56 Å². The molecule has 0 N–H and O–H groups in total. The molecule has 0 amide bonds. The summed E-state index contributed by atoms with van der Waals surface area (Å²) in [5.74, 6) is 0. The summed E-state index contributed by atoms with van der Waals surface area (Å²) < 4.78 is 10.9. The van der Waals surface area contributed by atoms with E-state index >= 15 is 0 Å². The first-order chi connectivity index (χ1) is 5.24. The van der Waals surface area contributed by atoms with Crippen LogP contribution in [0.4, 0.5) is 0 Å². The first-order valence-corrected chi connectivity index (χ1v) is 4.68. The second-order valence-corrected chi connectivity index (χ2v) is 3.52. The summed E-state index contributed by atoms with van der Waals surface area (Å²) in [6.45, 7) is 0. The van der Waals surface area contributed by atoms with Crippen LogP contribution in [-0.2, 0) is 10.8 Å². The van der Waals surface area contributed by atoms with E-state index < -0.39 is 10.8 Å². The number of rotatable bonds is 2. The average molecular weight is 168 g/mol. The van der Waals surface area contributed by atoms with Gasteiger partial charge in [-0.05, 0) is 12.1 Å². The SMILES string of the molecule is C[S@@](=O)c1ccc(C=O)cc1. The maximum atomic E-state index is 10.9. The molecule has 3 heteroatoms. The zero-order valence-electron chi connectivity index (χ0n) is 6.11. The van der Waals surface area contributed by atoms with E-state index in [0.717, 1.165) is 11.2 Å². The molecule has 0 bridgehead atoms. The average Bonchev–Trinajstić information content (AvgIpc) is 2.05. The Kier molecular flexibility index (Phi) is 2.54. The van der Waals surface area contributed by atoms with Gasteiger partial charge in [-0.15, -0.1) is 0 Å². The highest BCUT2D eigenvalue weighted by Crippen LogP contribution is 2.05. The molecule has 0 aliphatic heterocycles. The first kappa shape index (κ1) is 8.14. The molecule has 0 fully saturated rings. The van der Waals surface area contributed by atoms with Gasteiger partial charge in [-0.2, -0.15) is 0 Å². The second-order valence-electron chi connectivity index (χ2n) is 2.14. The molecule has 1 rings (SSSR count). The quantitative estimate of drug-likeness (QED) is 0.622. The Hall–Kier alpha value is -0.960. The van der Waals surface area contributed by atoms with Gasteiger partial charge in [0.1, 0.15) is 6.29 Å². The van der Waals surface area contributed by atoms with Crippen LogP contribution in [0.5, 0.6) is 0 Å². The van der Waals surface area contributed by atoms with Crippen molar-refractivity contribution in [2.75, 3.05) is 6.26 Å². The molecule has 1 aromatic rings. The molecule has 11 heavy (non-hydrogen) atoms. The lowest BCUT2D eigenvalue weighted by molar-refractivity contribution is 0.112. The van der Waals surface area contributed by atoms with E-state index in [2.05, 4.69) is 0 Å². The van der Waals surface area contributed by atoms with Gasteiger partial charge in [-0.25, -0.2) is 0 Å². The van der Waals surface area contributed by atoms with Crippen LogP contribution in [0.25, 0.3) is 0 Å². The van der Waals surface area contributed by atoms with E-state index in [-0.39, 0.29) is 0 Å². The molecule has 1 atom stereocenters. The zero-order valence-corrected chi connectivity index (χ0v) is 6.93. The zero-order chi connectivity index (χ0) is 8.27. The molecule has 0 aliphatic rings. The Morgan fingerprint density at radius 1 is 1.27 bits per heavy atom. The smallest absolute Gasteiger partial charge is 0.150 e. The fourth-order valence-electron chi connectivity index (χ4n) is 0.738.